The Morgan fingerprint density at radius 2 is 1.78 bits per heavy atom. The smallest absolute Gasteiger partial charge is 0.225 e. The molecule has 1 saturated heterocycles. The van der Waals surface area contributed by atoms with Gasteiger partial charge in [-0.3, -0.25) is 9.59 Å². The molecule has 5 heteroatoms. The van der Waals surface area contributed by atoms with Crippen molar-refractivity contribution in [3.8, 4) is 0 Å². The molecule has 2 aliphatic rings. The van der Waals surface area contributed by atoms with Crippen LogP contribution < -0.4 is 5.32 Å². The van der Waals surface area contributed by atoms with Crippen LogP contribution in [0.3, 0.4) is 0 Å². The van der Waals surface area contributed by atoms with Gasteiger partial charge in [-0.05, 0) is 51.4 Å². The second kappa shape index (κ2) is 9.26. The van der Waals surface area contributed by atoms with Gasteiger partial charge < -0.3 is 15.0 Å². The zero-order valence-electron chi connectivity index (χ0n) is 14.7. The number of amides is 2. The van der Waals surface area contributed by atoms with Crippen molar-refractivity contribution in [1.82, 2.24) is 10.2 Å². The molecule has 1 saturated carbocycles. The van der Waals surface area contributed by atoms with Gasteiger partial charge in [-0.25, -0.2) is 0 Å². The zero-order chi connectivity index (χ0) is 16.7. The largest absolute Gasteiger partial charge is 0.383 e. The SMILES string of the molecule is CCC1CCCCN1C(=O)C1CCC(C(=O)NCCOC)CC1. The molecule has 1 unspecified atom stereocenters. The second-order valence-corrected chi connectivity index (χ2v) is 6.92. The highest BCUT2D eigenvalue weighted by Crippen LogP contribution is 2.32. The Morgan fingerprint density at radius 3 is 2.43 bits per heavy atom. The summed E-state index contributed by atoms with van der Waals surface area (Å²) in [5, 5.41) is 2.92. The molecule has 132 valence electrons. The summed E-state index contributed by atoms with van der Waals surface area (Å²) in [7, 11) is 1.63. The van der Waals surface area contributed by atoms with Crippen molar-refractivity contribution in [2.24, 2.45) is 11.8 Å². The third-order valence-corrected chi connectivity index (χ3v) is 5.43. The molecule has 2 rings (SSSR count). The minimum absolute atomic E-state index is 0.0687. The molecular weight excluding hydrogens is 292 g/mol. The van der Waals surface area contributed by atoms with E-state index in [4.69, 9.17) is 4.74 Å². The summed E-state index contributed by atoms with van der Waals surface area (Å²) in [6.07, 6.45) is 7.97. The maximum Gasteiger partial charge on any atom is 0.225 e. The predicted octanol–water partition coefficient (Wildman–Crippen LogP) is 2.35. The van der Waals surface area contributed by atoms with Gasteiger partial charge in [0.1, 0.15) is 0 Å². The molecule has 5 nitrogen and oxygen atoms in total. The summed E-state index contributed by atoms with van der Waals surface area (Å²) >= 11 is 0. The zero-order valence-corrected chi connectivity index (χ0v) is 14.7. The standard InChI is InChI=1S/C18H32N2O3/c1-3-16-6-4-5-12-20(16)18(22)15-9-7-14(8-10-15)17(21)19-11-13-23-2/h14-16H,3-13H2,1-2H3,(H,19,21). The number of carbonyl (C=O) groups is 2. The third-order valence-electron chi connectivity index (χ3n) is 5.43. The summed E-state index contributed by atoms with van der Waals surface area (Å²) in [5.41, 5.74) is 0. The van der Waals surface area contributed by atoms with Crippen molar-refractivity contribution in [3.63, 3.8) is 0 Å². The van der Waals surface area contributed by atoms with Crippen LogP contribution in [0.5, 0.6) is 0 Å². The van der Waals surface area contributed by atoms with E-state index in [1.54, 1.807) is 7.11 Å². The molecule has 0 aromatic heterocycles. The van der Waals surface area contributed by atoms with Gasteiger partial charge in [-0.2, -0.15) is 0 Å². The number of nitrogens with one attached hydrogen (secondary N) is 1. The molecular formula is C18H32N2O3. The highest BCUT2D eigenvalue weighted by molar-refractivity contribution is 5.81. The summed E-state index contributed by atoms with van der Waals surface area (Å²) in [5.74, 6) is 0.663. The third kappa shape index (κ3) is 4.93. The maximum atomic E-state index is 12.8. The van der Waals surface area contributed by atoms with E-state index in [1.807, 2.05) is 0 Å². The monoisotopic (exact) mass is 324 g/mol. The number of likely N-dealkylation sites (tertiary alicyclic amines) is 1. The molecule has 1 N–H and O–H groups in total. The van der Waals surface area contributed by atoms with Gasteiger partial charge in [0.15, 0.2) is 0 Å². The number of ether oxygens (including phenoxy) is 1. The minimum atomic E-state index is 0.0687. The maximum absolute atomic E-state index is 12.8. The number of rotatable bonds is 6. The number of piperidine rings is 1. The molecule has 2 amide bonds. The fourth-order valence-electron chi connectivity index (χ4n) is 3.97. The fourth-order valence-corrected chi connectivity index (χ4v) is 3.97. The van der Waals surface area contributed by atoms with Crippen LogP contribution in [0.2, 0.25) is 0 Å². The van der Waals surface area contributed by atoms with Gasteiger partial charge in [-0.15, -0.1) is 0 Å². The molecule has 2 fully saturated rings. The van der Waals surface area contributed by atoms with Gasteiger partial charge in [0, 0.05) is 38.1 Å². The molecule has 0 aromatic carbocycles. The Labute approximate surface area is 140 Å². The fraction of sp³-hybridized carbons (Fsp3) is 0.889. The van der Waals surface area contributed by atoms with Crippen LogP contribution in [0.4, 0.5) is 0 Å². The van der Waals surface area contributed by atoms with Gasteiger partial charge in [-0.1, -0.05) is 6.92 Å². The lowest BCUT2D eigenvalue weighted by molar-refractivity contribution is -0.142. The van der Waals surface area contributed by atoms with E-state index >= 15 is 0 Å². The van der Waals surface area contributed by atoms with Crippen molar-refractivity contribution < 1.29 is 14.3 Å². The van der Waals surface area contributed by atoms with Gasteiger partial charge in [0.2, 0.25) is 11.8 Å². The molecule has 1 atom stereocenters. The van der Waals surface area contributed by atoms with E-state index in [0.717, 1.165) is 51.5 Å². The Balaban J connectivity index is 1.79. The summed E-state index contributed by atoms with van der Waals surface area (Å²) in [6, 6.07) is 0.436. The van der Waals surface area contributed by atoms with Crippen molar-refractivity contribution in [2.75, 3.05) is 26.8 Å². The first-order valence-electron chi connectivity index (χ1n) is 9.24. The first-order valence-corrected chi connectivity index (χ1v) is 9.24. The van der Waals surface area contributed by atoms with E-state index < -0.39 is 0 Å². The van der Waals surface area contributed by atoms with Crippen LogP contribution in [0.1, 0.15) is 58.3 Å². The highest BCUT2D eigenvalue weighted by Gasteiger charge is 2.34. The molecule has 1 heterocycles. The summed E-state index contributed by atoms with van der Waals surface area (Å²) in [6.45, 7) is 4.22. The normalized spacial score (nSPS) is 28.4. The molecule has 0 aromatic rings. The van der Waals surface area contributed by atoms with Crippen LogP contribution in [-0.2, 0) is 14.3 Å². The van der Waals surface area contributed by atoms with E-state index in [0.29, 0.717) is 25.1 Å². The van der Waals surface area contributed by atoms with Crippen molar-refractivity contribution in [3.05, 3.63) is 0 Å². The molecule has 1 aliphatic heterocycles. The van der Waals surface area contributed by atoms with Crippen LogP contribution in [0.25, 0.3) is 0 Å². The van der Waals surface area contributed by atoms with Crippen LogP contribution >= 0.6 is 0 Å². The topological polar surface area (TPSA) is 58.6 Å². The average Bonchev–Trinajstić information content (AvgIpc) is 2.61. The first-order chi connectivity index (χ1) is 11.2. The number of hydrogen-bond acceptors (Lipinski definition) is 3. The number of nitrogens with zero attached hydrogens (tertiary/aromatic N) is 1. The molecule has 23 heavy (non-hydrogen) atoms. The number of hydrogen-bond donors (Lipinski definition) is 1. The van der Waals surface area contributed by atoms with Crippen LogP contribution in [0, 0.1) is 11.8 Å². The minimum Gasteiger partial charge on any atom is -0.383 e. The second-order valence-electron chi connectivity index (χ2n) is 6.92. The summed E-state index contributed by atoms with van der Waals surface area (Å²) in [4.78, 5) is 27.0. The summed E-state index contributed by atoms with van der Waals surface area (Å²) < 4.78 is 4.95. The van der Waals surface area contributed by atoms with Gasteiger partial charge >= 0.3 is 0 Å². The van der Waals surface area contributed by atoms with Gasteiger partial charge in [0.05, 0.1) is 6.61 Å². The predicted molar refractivity (Wildman–Crippen MR) is 90.0 cm³/mol. The quantitative estimate of drug-likeness (QED) is 0.763. The van der Waals surface area contributed by atoms with Crippen molar-refractivity contribution >= 4 is 11.8 Å². The van der Waals surface area contributed by atoms with Crippen molar-refractivity contribution in [2.45, 2.75) is 64.3 Å². The highest BCUT2D eigenvalue weighted by atomic mass is 16.5. The first kappa shape index (κ1) is 18.2. The lowest BCUT2D eigenvalue weighted by atomic mass is 9.80. The van der Waals surface area contributed by atoms with E-state index in [9.17, 15) is 9.59 Å². The number of methoxy groups -OCH3 is 1. The average molecular weight is 324 g/mol. The number of carbonyl (C=O) groups excluding carboxylic acids is 2. The Bertz CT molecular complexity index is 392. The van der Waals surface area contributed by atoms with Crippen LogP contribution in [0.15, 0.2) is 0 Å². The molecule has 0 spiro atoms. The lowest BCUT2D eigenvalue weighted by Gasteiger charge is -2.39. The Morgan fingerprint density at radius 1 is 1.09 bits per heavy atom. The van der Waals surface area contributed by atoms with E-state index in [-0.39, 0.29) is 17.7 Å². The Kier molecular flexibility index (Phi) is 7.34. The Hall–Kier alpha value is -1.10. The van der Waals surface area contributed by atoms with E-state index in [2.05, 4.69) is 17.1 Å². The molecule has 1 aliphatic carbocycles. The lowest BCUT2D eigenvalue weighted by Crippen LogP contribution is -2.47. The van der Waals surface area contributed by atoms with Gasteiger partial charge in [0.25, 0.3) is 0 Å². The van der Waals surface area contributed by atoms with Crippen LogP contribution in [-0.4, -0.2) is 49.6 Å². The van der Waals surface area contributed by atoms with Crippen molar-refractivity contribution in [1.29, 1.82) is 0 Å². The molecule has 0 bridgehead atoms. The van der Waals surface area contributed by atoms with E-state index in [1.165, 1.54) is 6.42 Å². The molecule has 0 radical (unpaired) electrons.